The number of morpholine rings is 1. The molecule has 2 unspecified atom stereocenters. The number of carbonyl (C=O) groups excluding carboxylic acids is 1. The number of fused-ring (bicyclic) bond motifs is 3. The third-order valence-corrected chi connectivity index (χ3v) is 7.33. The van der Waals surface area contributed by atoms with Gasteiger partial charge in [-0.1, -0.05) is 18.2 Å². The zero-order chi connectivity index (χ0) is 27.0. The second kappa shape index (κ2) is 10.4. The third kappa shape index (κ3) is 5.11. The Balaban J connectivity index is 1.43. The molecule has 2 aliphatic heterocycles. The number of carbonyl (C=O) groups is 1. The number of hydrogen-bond donors (Lipinski definition) is 3. The highest BCUT2D eigenvalue weighted by Crippen LogP contribution is 2.40. The van der Waals surface area contributed by atoms with Crippen LogP contribution in [0.4, 0.5) is 24.5 Å². The molecule has 2 aromatic carbocycles. The van der Waals surface area contributed by atoms with Crippen LogP contribution in [0, 0.1) is 12.8 Å². The molecule has 1 fully saturated rings. The second-order valence-electron chi connectivity index (χ2n) is 9.69. The highest BCUT2D eigenvalue weighted by molar-refractivity contribution is 6.04. The molecule has 10 heteroatoms. The number of hydrogen-bond acceptors (Lipinski definition) is 6. The standard InChI is InChI=1S/C28H29F3N4O3/c1-16-3-6-20(34-26(36)19-7-8-33-25(13-19)28(29,30)31)14-21(16)17-4-5-18-11-22(27(37)32-2)24-15-38-10-9-35(24)23(18)12-17/h3-8,12-14,22,24,27,32,37H,9-11,15H2,1-2H3,(H,34,36)/t22?,24-,27?/m0/s1. The van der Waals surface area contributed by atoms with Crippen molar-refractivity contribution >= 4 is 17.3 Å². The van der Waals surface area contributed by atoms with E-state index in [1.165, 1.54) is 6.07 Å². The number of amides is 1. The lowest BCUT2D eigenvalue weighted by atomic mass is 9.83. The highest BCUT2D eigenvalue weighted by atomic mass is 19.4. The van der Waals surface area contributed by atoms with E-state index in [1.807, 2.05) is 25.1 Å². The maximum atomic E-state index is 13.0. The first-order valence-electron chi connectivity index (χ1n) is 12.4. The number of aliphatic hydroxyl groups is 1. The van der Waals surface area contributed by atoms with Crippen LogP contribution >= 0.6 is 0 Å². The van der Waals surface area contributed by atoms with Crippen molar-refractivity contribution < 1.29 is 27.8 Å². The quantitative estimate of drug-likeness (QED) is 0.431. The maximum Gasteiger partial charge on any atom is 0.433 e. The Morgan fingerprint density at radius 1 is 1.18 bits per heavy atom. The molecule has 0 spiro atoms. The van der Waals surface area contributed by atoms with Gasteiger partial charge in [-0.2, -0.15) is 13.2 Å². The molecule has 0 radical (unpaired) electrons. The van der Waals surface area contributed by atoms with E-state index in [-0.39, 0.29) is 17.5 Å². The number of aromatic nitrogens is 1. The number of alkyl halides is 3. The minimum Gasteiger partial charge on any atom is -0.378 e. The molecule has 1 aromatic heterocycles. The summed E-state index contributed by atoms with van der Waals surface area (Å²) in [5, 5.41) is 16.2. The molecule has 7 nitrogen and oxygen atoms in total. The van der Waals surface area contributed by atoms with Crippen LogP contribution in [0.5, 0.6) is 0 Å². The van der Waals surface area contributed by atoms with E-state index in [1.54, 1.807) is 13.1 Å². The van der Waals surface area contributed by atoms with Gasteiger partial charge in [0, 0.05) is 35.6 Å². The van der Waals surface area contributed by atoms with Crippen molar-refractivity contribution in [2.75, 3.05) is 37.0 Å². The summed E-state index contributed by atoms with van der Waals surface area (Å²) < 4.78 is 44.8. The Hall–Kier alpha value is -3.47. The molecule has 1 amide bonds. The first-order chi connectivity index (χ1) is 18.2. The largest absolute Gasteiger partial charge is 0.433 e. The minimum atomic E-state index is -4.63. The van der Waals surface area contributed by atoms with Crippen molar-refractivity contribution in [3.8, 4) is 11.1 Å². The Kier molecular flexibility index (Phi) is 7.13. The van der Waals surface area contributed by atoms with Gasteiger partial charge in [-0.05, 0) is 73.0 Å². The summed E-state index contributed by atoms with van der Waals surface area (Å²) in [5.41, 5.74) is 4.32. The average molecular weight is 527 g/mol. The lowest BCUT2D eigenvalue weighted by molar-refractivity contribution is -0.141. The fourth-order valence-corrected chi connectivity index (χ4v) is 5.31. The van der Waals surface area contributed by atoms with Crippen LogP contribution in [0.2, 0.25) is 0 Å². The predicted octanol–water partition coefficient (Wildman–Crippen LogP) is 4.24. The van der Waals surface area contributed by atoms with Crippen LogP contribution in [0.25, 0.3) is 11.1 Å². The summed E-state index contributed by atoms with van der Waals surface area (Å²) in [6, 6.07) is 13.7. The summed E-state index contributed by atoms with van der Waals surface area (Å²) >= 11 is 0. The normalized spacial score (nSPS) is 19.9. The van der Waals surface area contributed by atoms with Crippen molar-refractivity contribution in [3.05, 3.63) is 77.1 Å². The number of aliphatic hydroxyl groups excluding tert-OH is 1. The van der Waals surface area contributed by atoms with Crippen molar-refractivity contribution in [3.63, 3.8) is 0 Å². The van der Waals surface area contributed by atoms with Crippen molar-refractivity contribution in [2.24, 2.45) is 5.92 Å². The number of anilines is 2. The van der Waals surface area contributed by atoms with Gasteiger partial charge in [-0.3, -0.25) is 15.1 Å². The topological polar surface area (TPSA) is 86.7 Å². The molecular formula is C28H29F3N4O3. The summed E-state index contributed by atoms with van der Waals surface area (Å²) in [4.78, 5) is 18.4. The third-order valence-electron chi connectivity index (χ3n) is 7.33. The molecular weight excluding hydrogens is 497 g/mol. The smallest absolute Gasteiger partial charge is 0.378 e. The molecule has 38 heavy (non-hydrogen) atoms. The maximum absolute atomic E-state index is 13.0. The fourth-order valence-electron chi connectivity index (χ4n) is 5.31. The van der Waals surface area contributed by atoms with Gasteiger partial charge in [0.15, 0.2) is 0 Å². The Morgan fingerprint density at radius 3 is 2.76 bits per heavy atom. The second-order valence-corrected chi connectivity index (χ2v) is 9.69. The number of ether oxygens (including phenoxy) is 1. The number of aryl methyl sites for hydroxylation is 1. The lowest BCUT2D eigenvalue weighted by Gasteiger charge is -2.47. The molecule has 3 N–H and O–H groups in total. The van der Waals surface area contributed by atoms with Crippen LogP contribution in [0.1, 0.15) is 27.2 Å². The average Bonchev–Trinajstić information content (AvgIpc) is 2.92. The first-order valence-corrected chi connectivity index (χ1v) is 12.4. The molecule has 5 rings (SSSR count). The monoisotopic (exact) mass is 526 g/mol. The van der Waals surface area contributed by atoms with E-state index in [0.29, 0.717) is 25.3 Å². The zero-order valence-electron chi connectivity index (χ0n) is 21.0. The first kappa shape index (κ1) is 26.1. The summed E-state index contributed by atoms with van der Waals surface area (Å²) in [6.07, 6.45) is -3.59. The Labute approximate surface area is 218 Å². The highest BCUT2D eigenvalue weighted by Gasteiger charge is 2.39. The van der Waals surface area contributed by atoms with E-state index >= 15 is 0 Å². The molecule has 0 aliphatic carbocycles. The van der Waals surface area contributed by atoms with Crippen LogP contribution in [0.3, 0.4) is 0 Å². The molecule has 0 saturated carbocycles. The number of nitrogens with zero attached hydrogens (tertiary/aromatic N) is 2. The molecule has 3 heterocycles. The molecule has 200 valence electrons. The number of rotatable bonds is 5. The van der Waals surface area contributed by atoms with Gasteiger partial charge in [0.2, 0.25) is 0 Å². The summed E-state index contributed by atoms with van der Waals surface area (Å²) in [7, 11) is 1.75. The fraction of sp³-hybridized carbons (Fsp3) is 0.357. The minimum absolute atomic E-state index is 0.00928. The van der Waals surface area contributed by atoms with E-state index in [9.17, 15) is 23.1 Å². The molecule has 1 saturated heterocycles. The SMILES string of the molecule is CNC(O)C1Cc2ccc(-c3cc(NC(=O)c4ccnc(C(F)(F)F)c4)ccc3C)cc2N2CCOC[C@@H]12. The van der Waals surface area contributed by atoms with Crippen LogP contribution in [-0.4, -0.2) is 55.1 Å². The Morgan fingerprint density at radius 2 is 2.00 bits per heavy atom. The van der Waals surface area contributed by atoms with Crippen molar-refractivity contribution in [2.45, 2.75) is 31.8 Å². The summed E-state index contributed by atoms with van der Waals surface area (Å²) in [5.74, 6) is -0.659. The molecule has 2 aliphatic rings. The van der Waals surface area contributed by atoms with Crippen molar-refractivity contribution in [1.82, 2.24) is 10.3 Å². The van der Waals surface area contributed by atoms with Crippen LogP contribution in [-0.2, 0) is 17.3 Å². The van der Waals surface area contributed by atoms with E-state index in [4.69, 9.17) is 4.74 Å². The predicted molar refractivity (Wildman–Crippen MR) is 138 cm³/mol. The summed E-state index contributed by atoms with van der Waals surface area (Å²) in [6.45, 7) is 3.83. The van der Waals surface area contributed by atoms with Crippen LogP contribution < -0.4 is 15.5 Å². The van der Waals surface area contributed by atoms with Gasteiger partial charge in [0.25, 0.3) is 5.91 Å². The van der Waals surface area contributed by atoms with Gasteiger partial charge < -0.3 is 20.1 Å². The van der Waals surface area contributed by atoms with E-state index < -0.39 is 24.0 Å². The lowest BCUT2D eigenvalue weighted by Crippen LogP contribution is -2.57. The van der Waals surface area contributed by atoms with Crippen molar-refractivity contribution in [1.29, 1.82) is 0 Å². The number of benzene rings is 2. The number of pyridine rings is 1. The molecule has 3 aromatic rings. The molecule has 0 bridgehead atoms. The van der Waals surface area contributed by atoms with Gasteiger partial charge >= 0.3 is 6.18 Å². The number of halogens is 3. The zero-order valence-corrected chi connectivity index (χ0v) is 21.0. The molecule has 3 atom stereocenters. The number of nitrogens with one attached hydrogen (secondary N) is 2. The Bertz CT molecular complexity index is 1350. The van der Waals surface area contributed by atoms with E-state index in [2.05, 4.69) is 32.7 Å². The van der Waals surface area contributed by atoms with Gasteiger partial charge in [-0.25, -0.2) is 0 Å². The van der Waals surface area contributed by atoms with Crippen LogP contribution in [0.15, 0.2) is 54.7 Å². The van der Waals surface area contributed by atoms with Gasteiger partial charge in [0.1, 0.15) is 11.9 Å². The van der Waals surface area contributed by atoms with E-state index in [0.717, 1.165) is 46.7 Å². The van der Waals surface area contributed by atoms with Gasteiger partial charge in [-0.15, -0.1) is 0 Å². The van der Waals surface area contributed by atoms with Gasteiger partial charge in [0.05, 0.1) is 19.3 Å².